The first-order chi connectivity index (χ1) is 9.78. The summed E-state index contributed by atoms with van der Waals surface area (Å²) in [4.78, 5) is 13.3. The van der Waals surface area contributed by atoms with Gasteiger partial charge in [0.2, 0.25) is 0 Å². The molecule has 0 bridgehead atoms. The van der Waals surface area contributed by atoms with Gasteiger partial charge >= 0.3 is 0 Å². The van der Waals surface area contributed by atoms with Crippen molar-refractivity contribution in [2.45, 2.75) is 12.8 Å². The van der Waals surface area contributed by atoms with Crippen LogP contribution in [-0.2, 0) is 12.8 Å². The summed E-state index contributed by atoms with van der Waals surface area (Å²) in [5.41, 5.74) is 2.83. The van der Waals surface area contributed by atoms with E-state index in [0.29, 0.717) is 0 Å². The van der Waals surface area contributed by atoms with Crippen molar-refractivity contribution >= 4 is 34.0 Å². The molecule has 3 aromatic heterocycles. The third-order valence-electron chi connectivity index (χ3n) is 3.06. The quantitative estimate of drug-likeness (QED) is 0.654. The van der Waals surface area contributed by atoms with Gasteiger partial charge in [-0.2, -0.15) is 0 Å². The van der Waals surface area contributed by atoms with E-state index < -0.39 is 0 Å². The van der Waals surface area contributed by atoms with Gasteiger partial charge in [-0.3, -0.25) is 7.76 Å². The van der Waals surface area contributed by atoms with Gasteiger partial charge in [0.05, 0.1) is 30.0 Å². The number of halogens is 1. The van der Waals surface area contributed by atoms with Crippen LogP contribution in [-0.4, -0.2) is 24.8 Å². The topological polar surface area (TPSA) is 52.8 Å². The maximum Gasteiger partial charge on any atom is 0.169 e. The van der Waals surface area contributed by atoms with Gasteiger partial charge in [0.15, 0.2) is 5.65 Å². The Kier molecular flexibility index (Phi) is 3.81. The zero-order valence-electron chi connectivity index (χ0n) is 11.0. The Hall–Kier alpha value is -1.70. The zero-order chi connectivity index (χ0) is 13.9. The molecule has 3 heterocycles. The molecule has 0 radical (unpaired) electrons. The second-order valence-electron chi connectivity index (χ2n) is 4.34. The Labute approximate surface area is 130 Å². The second-order valence-corrected chi connectivity index (χ2v) is 5.31. The van der Waals surface area contributed by atoms with E-state index in [1.54, 1.807) is 19.5 Å². The number of rotatable bonds is 4. The third-order valence-corrected chi connectivity index (χ3v) is 4.07. The number of imidazole rings is 1. The Morgan fingerprint density at radius 3 is 2.90 bits per heavy atom. The highest BCUT2D eigenvalue weighted by atomic mass is 127. The van der Waals surface area contributed by atoms with Crippen molar-refractivity contribution in [2.75, 3.05) is 7.11 Å². The molecule has 0 saturated carbocycles. The molecular weight excluding hydrogens is 367 g/mol. The van der Waals surface area contributed by atoms with E-state index in [9.17, 15) is 0 Å². The highest BCUT2D eigenvalue weighted by molar-refractivity contribution is 14.1. The Balaban J connectivity index is 1.81. The van der Waals surface area contributed by atoms with Crippen LogP contribution in [0.3, 0.4) is 0 Å². The number of pyridine rings is 2. The molecule has 0 aliphatic carbocycles. The molecule has 102 valence electrons. The van der Waals surface area contributed by atoms with E-state index in [0.717, 1.165) is 41.3 Å². The number of hydrogen-bond acceptors (Lipinski definition) is 4. The molecule has 0 aliphatic heterocycles. The summed E-state index contributed by atoms with van der Waals surface area (Å²) in [6.07, 6.45) is 5.19. The largest absolute Gasteiger partial charge is 0.497 e. The molecule has 20 heavy (non-hydrogen) atoms. The fraction of sp³-hybridized carbons (Fsp3) is 0.214. The average molecular weight is 380 g/mol. The van der Waals surface area contributed by atoms with Crippen LogP contribution < -0.4 is 4.74 Å². The van der Waals surface area contributed by atoms with Crippen molar-refractivity contribution in [3.05, 3.63) is 48.2 Å². The van der Waals surface area contributed by atoms with E-state index in [1.807, 2.05) is 27.0 Å². The molecule has 0 aliphatic rings. The summed E-state index contributed by atoms with van der Waals surface area (Å²) in [5.74, 6) is 1.84. The van der Waals surface area contributed by atoms with Crippen LogP contribution in [0.4, 0.5) is 0 Å². The molecule has 6 heteroatoms. The lowest BCUT2D eigenvalue weighted by Crippen LogP contribution is -1.99. The molecule has 5 nitrogen and oxygen atoms in total. The maximum atomic E-state index is 5.21. The SMILES string of the molecule is COc1ccnc(CCc2nc3cccnc3n2I)c1. The predicted molar refractivity (Wildman–Crippen MR) is 85.1 cm³/mol. The molecular formula is C14H13IN4O. The molecule has 0 saturated heterocycles. The van der Waals surface area contributed by atoms with E-state index in [4.69, 9.17) is 4.74 Å². The van der Waals surface area contributed by atoms with Crippen molar-refractivity contribution in [3.63, 3.8) is 0 Å². The molecule has 0 unspecified atom stereocenters. The van der Waals surface area contributed by atoms with Gasteiger partial charge in [0.1, 0.15) is 17.1 Å². The molecule has 0 amide bonds. The average Bonchev–Trinajstić information content (AvgIpc) is 2.82. The normalized spacial score (nSPS) is 10.9. The van der Waals surface area contributed by atoms with E-state index in [1.165, 1.54) is 0 Å². The van der Waals surface area contributed by atoms with Gasteiger partial charge in [0, 0.05) is 30.6 Å². The fourth-order valence-corrected chi connectivity index (χ4v) is 2.77. The van der Waals surface area contributed by atoms with Gasteiger partial charge in [-0.05, 0) is 24.6 Å². The highest BCUT2D eigenvalue weighted by Gasteiger charge is 2.09. The number of hydrogen-bond donors (Lipinski definition) is 0. The molecule has 3 rings (SSSR count). The minimum Gasteiger partial charge on any atom is -0.497 e. The molecule has 0 fully saturated rings. The first-order valence-corrected chi connectivity index (χ1v) is 7.22. The summed E-state index contributed by atoms with van der Waals surface area (Å²) in [5, 5.41) is 0. The van der Waals surface area contributed by atoms with Crippen LogP contribution in [0.1, 0.15) is 11.5 Å². The fourth-order valence-electron chi connectivity index (χ4n) is 2.05. The first kappa shape index (κ1) is 13.3. The Morgan fingerprint density at radius 1 is 1.20 bits per heavy atom. The number of methoxy groups -OCH3 is 1. The highest BCUT2D eigenvalue weighted by Crippen LogP contribution is 2.18. The van der Waals surface area contributed by atoms with Gasteiger partial charge < -0.3 is 4.74 Å². The van der Waals surface area contributed by atoms with Crippen LogP contribution in [0.25, 0.3) is 11.2 Å². The number of ether oxygens (including phenoxy) is 1. The van der Waals surface area contributed by atoms with Crippen molar-refractivity contribution in [1.82, 2.24) is 17.7 Å². The molecule has 0 spiro atoms. The molecule has 0 N–H and O–H groups in total. The van der Waals surface area contributed by atoms with Gasteiger partial charge in [-0.25, -0.2) is 9.97 Å². The van der Waals surface area contributed by atoms with Gasteiger partial charge in [0.25, 0.3) is 0 Å². The monoisotopic (exact) mass is 380 g/mol. The van der Waals surface area contributed by atoms with Gasteiger partial charge in [-0.15, -0.1) is 0 Å². The van der Waals surface area contributed by atoms with Gasteiger partial charge in [-0.1, -0.05) is 0 Å². The summed E-state index contributed by atoms with van der Waals surface area (Å²) in [7, 11) is 1.66. The second kappa shape index (κ2) is 5.74. The van der Waals surface area contributed by atoms with Crippen molar-refractivity contribution in [2.24, 2.45) is 0 Å². The third kappa shape index (κ3) is 2.60. The zero-order valence-corrected chi connectivity index (χ0v) is 13.1. The number of aromatic nitrogens is 4. The minimum absolute atomic E-state index is 0.819. The molecule has 0 atom stereocenters. The van der Waals surface area contributed by atoms with E-state index >= 15 is 0 Å². The minimum atomic E-state index is 0.819. The Morgan fingerprint density at radius 2 is 2.10 bits per heavy atom. The van der Waals surface area contributed by atoms with Crippen LogP contribution in [0.2, 0.25) is 0 Å². The standard InChI is InChI=1S/C14H13IN4O/c1-20-11-6-8-16-10(9-11)4-5-13-18-12-3-2-7-17-14(12)19(13)15/h2-3,6-9H,4-5H2,1H3. The van der Waals surface area contributed by atoms with Crippen LogP contribution in [0, 0.1) is 0 Å². The van der Waals surface area contributed by atoms with Crippen LogP contribution in [0.15, 0.2) is 36.7 Å². The Bertz CT molecular complexity index is 741. The summed E-state index contributed by atoms with van der Waals surface area (Å²) in [6, 6.07) is 7.68. The number of nitrogens with zero attached hydrogens (tertiary/aromatic N) is 4. The lowest BCUT2D eigenvalue weighted by molar-refractivity contribution is 0.413. The number of fused-ring (bicyclic) bond motifs is 1. The van der Waals surface area contributed by atoms with Crippen LogP contribution in [0.5, 0.6) is 5.75 Å². The predicted octanol–water partition coefficient (Wildman–Crippen LogP) is 2.82. The first-order valence-electron chi connectivity index (χ1n) is 6.25. The lowest BCUT2D eigenvalue weighted by atomic mass is 10.2. The van der Waals surface area contributed by atoms with E-state index in [2.05, 4.69) is 37.8 Å². The smallest absolute Gasteiger partial charge is 0.169 e. The van der Waals surface area contributed by atoms with E-state index in [-0.39, 0.29) is 0 Å². The summed E-state index contributed by atoms with van der Waals surface area (Å²) < 4.78 is 7.21. The van der Waals surface area contributed by atoms with Crippen molar-refractivity contribution in [1.29, 1.82) is 0 Å². The molecule has 0 aromatic carbocycles. The van der Waals surface area contributed by atoms with Crippen molar-refractivity contribution < 1.29 is 4.74 Å². The summed E-state index contributed by atoms with van der Waals surface area (Å²) >= 11 is 2.24. The van der Waals surface area contributed by atoms with Crippen LogP contribution >= 0.6 is 22.9 Å². The summed E-state index contributed by atoms with van der Waals surface area (Å²) in [6.45, 7) is 0. The lowest BCUT2D eigenvalue weighted by Gasteiger charge is -2.03. The number of aryl methyl sites for hydroxylation is 2. The maximum absolute atomic E-state index is 5.21. The molecule has 3 aromatic rings. The van der Waals surface area contributed by atoms with Crippen molar-refractivity contribution in [3.8, 4) is 5.75 Å².